The zero-order valence-corrected chi connectivity index (χ0v) is 12.6. The number of aliphatic hydroxyl groups is 1. The number of likely N-dealkylation sites (N-methyl/N-ethyl adjacent to an activating group) is 1. The van der Waals surface area contributed by atoms with Crippen LogP contribution >= 0.6 is 0 Å². The molecule has 1 amide bonds. The van der Waals surface area contributed by atoms with Crippen LogP contribution in [0.2, 0.25) is 0 Å². The van der Waals surface area contributed by atoms with Crippen molar-refractivity contribution >= 4 is 5.91 Å². The van der Waals surface area contributed by atoms with Gasteiger partial charge in [-0.05, 0) is 37.1 Å². The van der Waals surface area contributed by atoms with Crippen molar-refractivity contribution in [2.24, 2.45) is 0 Å². The van der Waals surface area contributed by atoms with Gasteiger partial charge in [0.2, 0.25) is 5.91 Å². The number of hydrogen-bond donors (Lipinski definition) is 1. The van der Waals surface area contributed by atoms with Gasteiger partial charge in [-0.1, -0.05) is 0 Å². The summed E-state index contributed by atoms with van der Waals surface area (Å²) >= 11 is 0. The first-order valence-corrected chi connectivity index (χ1v) is 6.67. The molecule has 0 unspecified atom stereocenters. The van der Waals surface area contributed by atoms with Crippen LogP contribution in [0.15, 0.2) is 12.1 Å². The number of rotatable bonds is 7. The van der Waals surface area contributed by atoms with E-state index in [4.69, 9.17) is 14.6 Å². The summed E-state index contributed by atoms with van der Waals surface area (Å²) in [6, 6.07) is 3.70. The Balaban J connectivity index is 2.94. The van der Waals surface area contributed by atoms with Crippen molar-refractivity contribution < 1.29 is 19.4 Å². The molecule has 1 rings (SSSR count). The van der Waals surface area contributed by atoms with Crippen LogP contribution in [0.5, 0.6) is 11.5 Å². The summed E-state index contributed by atoms with van der Waals surface area (Å²) in [4.78, 5) is 13.8. The van der Waals surface area contributed by atoms with Gasteiger partial charge in [-0.15, -0.1) is 0 Å². The van der Waals surface area contributed by atoms with E-state index >= 15 is 0 Å². The first-order chi connectivity index (χ1) is 9.57. The average Bonchev–Trinajstić information content (AvgIpc) is 2.46. The summed E-state index contributed by atoms with van der Waals surface area (Å²) in [5, 5.41) is 8.96. The van der Waals surface area contributed by atoms with E-state index in [1.165, 1.54) is 0 Å². The maximum absolute atomic E-state index is 12.2. The van der Waals surface area contributed by atoms with E-state index in [0.717, 1.165) is 11.1 Å². The monoisotopic (exact) mass is 281 g/mol. The minimum absolute atomic E-state index is 0.00290. The van der Waals surface area contributed by atoms with Crippen LogP contribution < -0.4 is 9.47 Å². The first-order valence-electron chi connectivity index (χ1n) is 6.67. The highest BCUT2D eigenvalue weighted by atomic mass is 16.5. The maximum Gasteiger partial charge on any atom is 0.227 e. The van der Waals surface area contributed by atoms with Gasteiger partial charge in [-0.25, -0.2) is 0 Å². The lowest BCUT2D eigenvalue weighted by Crippen LogP contribution is -2.34. The third kappa shape index (κ3) is 3.87. The summed E-state index contributed by atoms with van der Waals surface area (Å²) in [7, 11) is 3.16. The topological polar surface area (TPSA) is 59.0 Å². The Morgan fingerprint density at radius 1 is 1.25 bits per heavy atom. The van der Waals surface area contributed by atoms with Crippen molar-refractivity contribution in [2.45, 2.75) is 20.3 Å². The second-order valence-electron chi connectivity index (χ2n) is 4.51. The average molecular weight is 281 g/mol. The number of benzene rings is 1. The molecule has 0 saturated heterocycles. The van der Waals surface area contributed by atoms with Crippen molar-refractivity contribution in [3.05, 3.63) is 23.3 Å². The van der Waals surface area contributed by atoms with Gasteiger partial charge in [0.05, 0.1) is 27.2 Å². The molecule has 0 fully saturated rings. The standard InChI is InChI=1S/C15H23NO4/c1-5-16(6-7-17)15(18)10-12-9-14(20-4)13(19-3)8-11(12)2/h8-9,17H,5-7,10H2,1-4H3. The smallest absolute Gasteiger partial charge is 0.227 e. The normalized spacial score (nSPS) is 10.2. The Hall–Kier alpha value is -1.75. The highest BCUT2D eigenvalue weighted by Crippen LogP contribution is 2.30. The number of aryl methyl sites for hydroxylation is 1. The summed E-state index contributed by atoms with van der Waals surface area (Å²) in [5.41, 5.74) is 1.89. The Labute approximate surface area is 120 Å². The molecule has 0 aliphatic carbocycles. The molecule has 0 bridgehead atoms. The Morgan fingerprint density at radius 3 is 2.35 bits per heavy atom. The first kappa shape index (κ1) is 16.3. The van der Waals surface area contributed by atoms with Crippen molar-refractivity contribution in [1.82, 2.24) is 4.90 Å². The fourth-order valence-electron chi connectivity index (χ4n) is 2.07. The lowest BCUT2D eigenvalue weighted by molar-refractivity contribution is -0.130. The van der Waals surface area contributed by atoms with Crippen LogP contribution in [0.4, 0.5) is 0 Å². The lowest BCUT2D eigenvalue weighted by atomic mass is 10.0. The van der Waals surface area contributed by atoms with E-state index in [-0.39, 0.29) is 12.5 Å². The summed E-state index contributed by atoms with van der Waals surface area (Å²) < 4.78 is 10.5. The molecule has 5 heteroatoms. The molecular weight excluding hydrogens is 258 g/mol. The van der Waals surface area contributed by atoms with Gasteiger partial charge in [-0.2, -0.15) is 0 Å². The molecule has 1 aromatic rings. The lowest BCUT2D eigenvalue weighted by Gasteiger charge is -2.20. The molecule has 20 heavy (non-hydrogen) atoms. The molecule has 0 spiro atoms. The van der Waals surface area contributed by atoms with Crippen molar-refractivity contribution in [1.29, 1.82) is 0 Å². The van der Waals surface area contributed by atoms with Crippen LogP contribution in [0.1, 0.15) is 18.1 Å². The second-order valence-corrected chi connectivity index (χ2v) is 4.51. The fraction of sp³-hybridized carbons (Fsp3) is 0.533. The molecule has 0 aliphatic rings. The fourth-order valence-corrected chi connectivity index (χ4v) is 2.07. The number of carbonyl (C=O) groups is 1. The summed E-state index contributed by atoms with van der Waals surface area (Å²) in [6.45, 7) is 4.76. The quantitative estimate of drug-likeness (QED) is 0.820. The van der Waals surface area contributed by atoms with E-state index in [9.17, 15) is 4.79 Å². The minimum Gasteiger partial charge on any atom is -0.493 e. The van der Waals surface area contributed by atoms with Gasteiger partial charge in [-0.3, -0.25) is 4.79 Å². The number of carbonyl (C=O) groups excluding carboxylic acids is 1. The summed E-state index contributed by atoms with van der Waals surface area (Å²) in [5.74, 6) is 1.27. The SMILES string of the molecule is CCN(CCO)C(=O)Cc1cc(OC)c(OC)cc1C. The molecular formula is C15H23NO4. The minimum atomic E-state index is -0.0233. The molecule has 1 aromatic carbocycles. The van der Waals surface area contributed by atoms with E-state index in [1.54, 1.807) is 19.1 Å². The zero-order chi connectivity index (χ0) is 15.1. The second kappa shape index (κ2) is 7.75. The Morgan fingerprint density at radius 2 is 1.85 bits per heavy atom. The Bertz CT molecular complexity index is 459. The summed E-state index contributed by atoms with van der Waals surface area (Å²) in [6.07, 6.45) is 0.292. The van der Waals surface area contributed by atoms with Crippen molar-refractivity contribution in [2.75, 3.05) is 33.9 Å². The molecule has 0 aliphatic heterocycles. The van der Waals surface area contributed by atoms with Crippen LogP contribution in [0, 0.1) is 6.92 Å². The molecule has 0 heterocycles. The Kier molecular flexibility index (Phi) is 6.31. The predicted octanol–water partition coefficient (Wildman–Crippen LogP) is 1.40. The van der Waals surface area contributed by atoms with Crippen LogP contribution in [0.25, 0.3) is 0 Å². The number of aliphatic hydroxyl groups excluding tert-OH is 1. The van der Waals surface area contributed by atoms with Gasteiger partial charge < -0.3 is 19.5 Å². The number of hydrogen-bond acceptors (Lipinski definition) is 4. The van der Waals surface area contributed by atoms with E-state index < -0.39 is 0 Å². The van der Waals surface area contributed by atoms with Gasteiger partial charge in [0.15, 0.2) is 11.5 Å². The van der Waals surface area contributed by atoms with Crippen LogP contribution in [0.3, 0.4) is 0 Å². The largest absolute Gasteiger partial charge is 0.493 e. The molecule has 0 radical (unpaired) electrons. The van der Waals surface area contributed by atoms with Gasteiger partial charge >= 0.3 is 0 Å². The molecule has 0 aromatic heterocycles. The molecule has 112 valence electrons. The van der Waals surface area contributed by atoms with Gasteiger partial charge in [0.1, 0.15) is 0 Å². The molecule has 1 N–H and O–H groups in total. The highest BCUT2D eigenvalue weighted by molar-refractivity contribution is 5.79. The third-order valence-electron chi connectivity index (χ3n) is 3.29. The number of methoxy groups -OCH3 is 2. The predicted molar refractivity (Wildman–Crippen MR) is 77.3 cm³/mol. The number of ether oxygens (including phenoxy) is 2. The maximum atomic E-state index is 12.2. The van der Waals surface area contributed by atoms with E-state index in [0.29, 0.717) is 31.0 Å². The van der Waals surface area contributed by atoms with Crippen LogP contribution in [-0.2, 0) is 11.2 Å². The van der Waals surface area contributed by atoms with Crippen molar-refractivity contribution in [3.63, 3.8) is 0 Å². The third-order valence-corrected chi connectivity index (χ3v) is 3.29. The molecule has 5 nitrogen and oxygen atoms in total. The van der Waals surface area contributed by atoms with Gasteiger partial charge in [0, 0.05) is 13.1 Å². The molecule has 0 atom stereocenters. The van der Waals surface area contributed by atoms with Gasteiger partial charge in [0.25, 0.3) is 0 Å². The van der Waals surface area contributed by atoms with E-state index in [2.05, 4.69) is 0 Å². The van der Waals surface area contributed by atoms with Crippen LogP contribution in [-0.4, -0.2) is 49.8 Å². The van der Waals surface area contributed by atoms with E-state index in [1.807, 2.05) is 26.0 Å². The highest BCUT2D eigenvalue weighted by Gasteiger charge is 2.15. The number of amides is 1. The molecule has 0 saturated carbocycles. The number of nitrogens with zero attached hydrogens (tertiary/aromatic N) is 1. The van der Waals surface area contributed by atoms with Crippen molar-refractivity contribution in [3.8, 4) is 11.5 Å². The zero-order valence-electron chi connectivity index (χ0n) is 12.6.